The van der Waals surface area contributed by atoms with Crippen molar-refractivity contribution in [2.45, 2.75) is 5.25 Å². The van der Waals surface area contributed by atoms with E-state index in [0.29, 0.717) is 5.57 Å². The molecule has 3 nitrogen and oxygen atoms in total. The third kappa shape index (κ3) is 2.58. The molecule has 2 aliphatic rings. The van der Waals surface area contributed by atoms with Gasteiger partial charge in [-0.05, 0) is 0 Å². The fourth-order valence-electron chi connectivity index (χ4n) is 4.29. The molecule has 1 saturated carbocycles. The molecular formula is C24H15NO2STe. The van der Waals surface area contributed by atoms with Crippen molar-refractivity contribution in [3.8, 4) is 3.70 Å². The van der Waals surface area contributed by atoms with Crippen LogP contribution in [0.2, 0.25) is 0 Å². The van der Waals surface area contributed by atoms with E-state index < -0.39 is 20.4 Å². The summed E-state index contributed by atoms with van der Waals surface area (Å²) in [4.78, 5) is 25.3. The van der Waals surface area contributed by atoms with E-state index >= 15 is 0 Å². The van der Waals surface area contributed by atoms with Gasteiger partial charge in [0.25, 0.3) is 0 Å². The van der Waals surface area contributed by atoms with Crippen LogP contribution in [-0.4, -0.2) is 41.8 Å². The SMILES string of the molecule is O=C1/C(=C\c2ccc(-n3c4ccccc4c4ccccc43)[te]2)C(=O)C2SC=CC12. The molecule has 1 aliphatic heterocycles. The first kappa shape index (κ1) is 17.5. The number of Topliss-reactive ketones (excluding diaryl/α,β-unsaturated/α-hetero) is 2. The maximum atomic E-state index is 12.7. The van der Waals surface area contributed by atoms with Gasteiger partial charge in [0.05, 0.1) is 0 Å². The summed E-state index contributed by atoms with van der Waals surface area (Å²) in [5.41, 5.74) is 2.80. The predicted octanol–water partition coefficient (Wildman–Crippen LogP) is 4.62. The summed E-state index contributed by atoms with van der Waals surface area (Å²) in [5, 5.41) is 4.15. The molecule has 2 aromatic carbocycles. The van der Waals surface area contributed by atoms with Crippen LogP contribution in [0.25, 0.3) is 31.6 Å². The van der Waals surface area contributed by atoms with Gasteiger partial charge in [-0.25, -0.2) is 0 Å². The van der Waals surface area contributed by atoms with Crippen LogP contribution in [0.5, 0.6) is 0 Å². The first-order chi connectivity index (χ1) is 14.2. The van der Waals surface area contributed by atoms with Gasteiger partial charge in [-0.15, -0.1) is 0 Å². The van der Waals surface area contributed by atoms with E-state index in [0.717, 1.165) is 3.58 Å². The van der Waals surface area contributed by atoms with Crippen LogP contribution < -0.4 is 0 Å². The van der Waals surface area contributed by atoms with Crippen molar-refractivity contribution in [3.63, 3.8) is 0 Å². The van der Waals surface area contributed by atoms with E-state index in [4.69, 9.17) is 0 Å². The van der Waals surface area contributed by atoms with Crippen molar-refractivity contribution >= 4 is 71.6 Å². The van der Waals surface area contributed by atoms with E-state index in [1.165, 1.54) is 37.3 Å². The monoisotopic (exact) mass is 511 g/mol. The van der Waals surface area contributed by atoms with Crippen molar-refractivity contribution in [2.75, 3.05) is 0 Å². The van der Waals surface area contributed by atoms with Gasteiger partial charge in [0.15, 0.2) is 0 Å². The molecule has 0 N–H and O–H groups in total. The molecule has 140 valence electrons. The molecular weight excluding hydrogens is 494 g/mol. The number of carbonyl (C=O) groups is 2. The molecule has 2 aromatic heterocycles. The molecule has 6 rings (SSSR count). The van der Waals surface area contributed by atoms with E-state index in [1.807, 2.05) is 17.6 Å². The number of fused-ring (bicyclic) bond motifs is 4. The molecule has 2 atom stereocenters. The summed E-state index contributed by atoms with van der Waals surface area (Å²) in [7, 11) is 0. The maximum absolute atomic E-state index is 12.7. The number of thioether (sulfide) groups is 1. The minimum absolute atomic E-state index is 0.00585. The molecule has 0 radical (unpaired) electrons. The van der Waals surface area contributed by atoms with Gasteiger partial charge in [0, 0.05) is 0 Å². The molecule has 2 unspecified atom stereocenters. The summed E-state index contributed by atoms with van der Waals surface area (Å²) in [5.74, 6) is -0.278. The van der Waals surface area contributed by atoms with E-state index in [2.05, 4.69) is 65.2 Å². The number of ketones is 2. The normalized spacial score (nSPS) is 22.4. The Hall–Kier alpha value is -2.32. The number of allylic oxidation sites excluding steroid dienone is 2. The van der Waals surface area contributed by atoms with Gasteiger partial charge in [-0.1, -0.05) is 0 Å². The van der Waals surface area contributed by atoms with Gasteiger partial charge in [0.1, 0.15) is 0 Å². The van der Waals surface area contributed by atoms with E-state index in [-0.39, 0.29) is 22.7 Å². The Kier molecular flexibility index (Phi) is 3.99. The van der Waals surface area contributed by atoms with E-state index in [9.17, 15) is 9.59 Å². The Morgan fingerprint density at radius 2 is 1.55 bits per heavy atom. The summed E-state index contributed by atoms with van der Waals surface area (Å²) in [6, 6.07) is 21.2. The quantitative estimate of drug-likeness (QED) is 0.225. The number of para-hydroxylation sites is 2. The molecule has 4 aromatic rings. The zero-order valence-electron chi connectivity index (χ0n) is 15.2. The number of hydrogen-bond donors (Lipinski definition) is 0. The number of hydrogen-bond acceptors (Lipinski definition) is 3. The van der Waals surface area contributed by atoms with Crippen LogP contribution in [-0.2, 0) is 9.59 Å². The number of benzene rings is 2. The number of carbonyl (C=O) groups excluding carboxylic acids is 2. The second-order valence-corrected chi connectivity index (χ2v) is 11.4. The summed E-state index contributed by atoms with van der Waals surface area (Å²) in [6.07, 6.45) is 3.74. The van der Waals surface area contributed by atoms with Gasteiger partial charge in [-0.3, -0.25) is 0 Å². The van der Waals surface area contributed by atoms with Gasteiger partial charge < -0.3 is 0 Å². The first-order valence-electron chi connectivity index (χ1n) is 9.43. The Bertz CT molecular complexity index is 1340. The van der Waals surface area contributed by atoms with Crippen molar-refractivity contribution in [2.24, 2.45) is 5.92 Å². The molecule has 29 heavy (non-hydrogen) atoms. The molecule has 5 heteroatoms. The van der Waals surface area contributed by atoms with E-state index in [1.54, 1.807) is 0 Å². The Labute approximate surface area is 181 Å². The van der Waals surface area contributed by atoms with Crippen LogP contribution in [0.15, 0.2) is 77.7 Å². The molecule has 0 saturated heterocycles. The zero-order valence-corrected chi connectivity index (χ0v) is 18.4. The fraction of sp³-hybridized carbons (Fsp3) is 0.0833. The second-order valence-electron chi connectivity index (χ2n) is 7.24. The third-order valence-corrected chi connectivity index (χ3v) is 9.65. The first-order valence-corrected chi connectivity index (χ1v) is 12.7. The average Bonchev–Trinajstić information content (AvgIpc) is 3.50. The third-order valence-electron chi connectivity index (χ3n) is 5.63. The minimum atomic E-state index is -0.700. The van der Waals surface area contributed by atoms with Crippen LogP contribution in [0, 0.1) is 5.92 Å². The average molecular weight is 509 g/mol. The molecule has 0 bridgehead atoms. The molecule has 3 heterocycles. The van der Waals surface area contributed by atoms with Gasteiger partial charge >= 0.3 is 182 Å². The van der Waals surface area contributed by atoms with Crippen LogP contribution >= 0.6 is 11.8 Å². The molecule has 0 spiro atoms. The number of rotatable bonds is 2. The summed E-state index contributed by atoms with van der Waals surface area (Å²) in [6.45, 7) is 0. The van der Waals surface area contributed by atoms with Crippen LogP contribution in [0.1, 0.15) is 3.58 Å². The second kappa shape index (κ2) is 6.60. The van der Waals surface area contributed by atoms with Crippen molar-refractivity contribution < 1.29 is 9.59 Å². The molecule has 0 amide bonds. The summed E-state index contributed by atoms with van der Waals surface area (Å²) < 4.78 is 4.77. The van der Waals surface area contributed by atoms with Crippen LogP contribution in [0.4, 0.5) is 0 Å². The van der Waals surface area contributed by atoms with Crippen LogP contribution in [0.3, 0.4) is 0 Å². The topological polar surface area (TPSA) is 39.1 Å². The number of aromatic nitrogens is 1. The van der Waals surface area contributed by atoms with Gasteiger partial charge in [-0.2, -0.15) is 0 Å². The zero-order chi connectivity index (χ0) is 19.5. The standard InChI is InChI=1S/C24H15NO2STe/c26-22-17-11-12-28-24(17)23(27)18(22)13-14-9-10-21(29-14)25-19-7-3-1-5-15(19)16-6-2-4-8-20(16)25/h1-13,17,24H/b18-13+. The summed E-state index contributed by atoms with van der Waals surface area (Å²) >= 11 is 0.770. The van der Waals surface area contributed by atoms with Crippen molar-refractivity contribution in [1.82, 2.24) is 4.57 Å². The Morgan fingerprint density at radius 3 is 2.24 bits per heavy atom. The fourth-order valence-corrected chi connectivity index (χ4v) is 8.14. The van der Waals surface area contributed by atoms with Gasteiger partial charge in [0.2, 0.25) is 0 Å². The molecule has 1 aliphatic carbocycles. The molecule has 1 fully saturated rings. The Balaban J connectivity index is 1.48. The number of nitrogens with zero attached hydrogens (tertiary/aromatic N) is 1. The van der Waals surface area contributed by atoms with Crippen molar-refractivity contribution in [1.29, 1.82) is 0 Å². The Morgan fingerprint density at radius 1 is 0.862 bits per heavy atom. The van der Waals surface area contributed by atoms with Crippen molar-refractivity contribution in [3.05, 3.63) is 81.3 Å². The predicted molar refractivity (Wildman–Crippen MR) is 120 cm³/mol.